The maximum absolute atomic E-state index is 13.0. The van der Waals surface area contributed by atoms with Gasteiger partial charge in [0.05, 0.1) is 0 Å². The molecule has 1 N–H and O–H groups in total. The van der Waals surface area contributed by atoms with Crippen molar-refractivity contribution in [1.82, 2.24) is 9.62 Å². The normalized spacial score (nSPS) is 20.7. The van der Waals surface area contributed by atoms with Crippen molar-refractivity contribution >= 4 is 43.0 Å². The molecular formula is C17H21ClN2O2S2. The van der Waals surface area contributed by atoms with Crippen molar-refractivity contribution in [2.45, 2.75) is 36.6 Å². The van der Waals surface area contributed by atoms with Gasteiger partial charge in [-0.2, -0.15) is 4.31 Å². The Morgan fingerprint density at radius 3 is 2.67 bits per heavy atom. The molecule has 1 aromatic carbocycles. The largest absolute Gasteiger partial charge is 0.314 e. The van der Waals surface area contributed by atoms with E-state index in [1.807, 2.05) is 6.07 Å². The SMILES string of the molecule is O=S(=O)(c1csc2ccc(Cl)cc12)N1CCC(NCC2CC2)CC1. The zero-order chi connectivity index (χ0) is 16.7. The van der Waals surface area contributed by atoms with E-state index >= 15 is 0 Å². The average Bonchev–Trinajstić information content (AvgIpc) is 3.31. The highest BCUT2D eigenvalue weighted by molar-refractivity contribution is 7.89. The summed E-state index contributed by atoms with van der Waals surface area (Å²) in [6, 6.07) is 5.89. The van der Waals surface area contributed by atoms with Gasteiger partial charge in [0, 0.05) is 39.6 Å². The van der Waals surface area contributed by atoms with E-state index in [1.54, 1.807) is 21.8 Å². The van der Waals surface area contributed by atoms with E-state index in [9.17, 15) is 8.42 Å². The van der Waals surface area contributed by atoms with Crippen LogP contribution in [0.1, 0.15) is 25.7 Å². The molecule has 0 amide bonds. The Hall–Kier alpha value is -0.660. The van der Waals surface area contributed by atoms with Crippen LogP contribution in [0.3, 0.4) is 0 Å². The number of benzene rings is 1. The summed E-state index contributed by atoms with van der Waals surface area (Å²) in [5.74, 6) is 0.855. The Morgan fingerprint density at radius 2 is 1.96 bits per heavy atom. The summed E-state index contributed by atoms with van der Waals surface area (Å²) >= 11 is 7.51. The number of fused-ring (bicyclic) bond motifs is 1. The zero-order valence-corrected chi connectivity index (χ0v) is 15.8. The molecule has 1 aliphatic heterocycles. The number of nitrogens with zero attached hydrogens (tertiary/aromatic N) is 1. The second-order valence-corrected chi connectivity index (χ2v) is 10.0. The van der Waals surface area contributed by atoms with E-state index in [-0.39, 0.29) is 0 Å². The van der Waals surface area contributed by atoms with Gasteiger partial charge in [-0.25, -0.2) is 8.42 Å². The first-order valence-electron chi connectivity index (χ1n) is 8.44. The number of thiophene rings is 1. The third kappa shape index (κ3) is 3.35. The van der Waals surface area contributed by atoms with Crippen LogP contribution in [-0.2, 0) is 10.0 Å². The Balaban J connectivity index is 1.49. The highest BCUT2D eigenvalue weighted by Crippen LogP contribution is 2.34. The van der Waals surface area contributed by atoms with Gasteiger partial charge in [-0.15, -0.1) is 11.3 Å². The number of hydrogen-bond donors (Lipinski definition) is 1. The summed E-state index contributed by atoms with van der Waals surface area (Å²) in [6.45, 7) is 2.26. The van der Waals surface area contributed by atoms with Gasteiger partial charge < -0.3 is 5.32 Å². The first kappa shape index (κ1) is 16.8. The fraction of sp³-hybridized carbons (Fsp3) is 0.529. The van der Waals surface area contributed by atoms with E-state index in [4.69, 9.17) is 11.6 Å². The van der Waals surface area contributed by atoms with E-state index in [1.165, 1.54) is 24.2 Å². The number of rotatable bonds is 5. The van der Waals surface area contributed by atoms with Crippen LogP contribution in [0.4, 0.5) is 0 Å². The van der Waals surface area contributed by atoms with Crippen molar-refractivity contribution < 1.29 is 8.42 Å². The van der Waals surface area contributed by atoms with Gasteiger partial charge in [-0.3, -0.25) is 0 Å². The molecule has 1 aliphatic carbocycles. The van der Waals surface area contributed by atoms with Gasteiger partial charge in [-0.1, -0.05) is 11.6 Å². The highest BCUT2D eigenvalue weighted by Gasteiger charge is 2.31. The van der Waals surface area contributed by atoms with Crippen LogP contribution in [-0.4, -0.2) is 38.4 Å². The third-order valence-corrected chi connectivity index (χ3v) is 8.25. The molecular weight excluding hydrogens is 364 g/mol. The molecule has 7 heteroatoms. The maximum Gasteiger partial charge on any atom is 0.244 e. The van der Waals surface area contributed by atoms with Gasteiger partial charge in [0.1, 0.15) is 4.90 Å². The van der Waals surface area contributed by atoms with Crippen molar-refractivity contribution in [3.05, 3.63) is 28.6 Å². The predicted octanol–water partition coefficient (Wildman–Crippen LogP) is 3.71. The van der Waals surface area contributed by atoms with Crippen LogP contribution in [0.2, 0.25) is 5.02 Å². The Labute approximate surface area is 151 Å². The van der Waals surface area contributed by atoms with Crippen LogP contribution in [0.5, 0.6) is 0 Å². The molecule has 2 aromatic rings. The van der Waals surface area contributed by atoms with Gasteiger partial charge in [0.2, 0.25) is 10.0 Å². The molecule has 0 radical (unpaired) electrons. The minimum atomic E-state index is -3.45. The molecule has 1 saturated carbocycles. The zero-order valence-electron chi connectivity index (χ0n) is 13.4. The minimum Gasteiger partial charge on any atom is -0.314 e. The number of piperidine rings is 1. The minimum absolute atomic E-state index is 0.398. The Morgan fingerprint density at radius 1 is 1.21 bits per heavy atom. The van der Waals surface area contributed by atoms with Crippen LogP contribution >= 0.6 is 22.9 Å². The van der Waals surface area contributed by atoms with Crippen molar-refractivity contribution in [1.29, 1.82) is 0 Å². The molecule has 1 saturated heterocycles. The summed E-state index contributed by atoms with van der Waals surface area (Å²) in [4.78, 5) is 0.398. The highest BCUT2D eigenvalue weighted by atomic mass is 35.5. The second kappa shape index (κ2) is 6.57. The lowest BCUT2D eigenvalue weighted by atomic mass is 10.1. The first-order chi connectivity index (χ1) is 11.5. The summed E-state index contributed by atoms with van der Waals surface area (Å²) in [5.41, 5.74) is 0. The third-order valence-electron chi connectivity index (χ3n) is 4.96. The molecule has 0 spiro atoms. The Kier molecular flexibility index (Phi) is 4.60. The number of halogens is 1. The van der Waals surface area contributed by atoms with E-state index in [0.717, 1.165) is 35.4 Å². The van der Waals surface area contributed by atoms with Crippen molar-refractivity contribution in [2.24, 2.45) is 5.92 Å². The smallest absolute Gasteiger partial charge is 0.244 e. The summed E-state index contributed by atoms with van der Waals surface area (Å²) in [6.07, 6.45) is 4.45. The lowest BCUT2D eigenvalue weighted by Gasteiger charge is -2.31. The lowest BCUT2D eigenvalue weighted by molar-refractivity contribution is 0.288. The van der Waals surface area contributed by atoms with Crippen LogP contribution in [0.15, 0.2) is 28.5 Å². The molecule has 2 aliphatic rings. The van der Waals surface area contributed by atoms with Gasteiger partial charge >= 0.3 is 0 Å². The average molecular weight is 385 g/mol. The predicted molar refractivity (Wildman–Crippen MR) is 99.3 cm³/mol. The van der Waals surface area contributed by atoms with E-state index in [2.05, 4.69) is 5.32 Å². The molecule has 1 aromatic heterocycles. The van der Waals surface area contributed by atoms with Crippen LogP contribution < -0.4 is 5.32 Å². The second-order valence-electron chi connectivity index (χ2n) is 6.77. The van der Waals surface area contributed by atoms with E-state index < -0.39 is 10.0 Å². The fourth-order valence-corrected chi connectivity index (χ4v) is 6.36. The van der Waals surface area contributed by atoms with Crippen LogP contribution in [0.25, 0.3) is 10.1 Å². The first-order valence-corrected chi connectivity index (χ1v) is 11.1. The maximum atomic E-state index is 13.0. The molecule has 0 atom stereocenters. The lowest BCUT2D eigenvalue weighted by Crippen LogP contribution is -2.45. The Bertz CT molecular complexity index is 837. The molecule has 0 unspecified atom stereocenters. The van der Waals surface area contributed by atoms with Crippen LogP contribution in [0, 0.1) is 5.92 Å². The summed E-state index contributed by atoms with van der Waals surface area (Å²) < 4.78 is 28.6. The molecule has 4 rings (SSSR count). The summed E-state index contributed by atoms with van der Waals surface area (Å²) in [5, 5.41) is 6.64. The molecule has 2 heterocycles. The number of nitrogens with one attached hydrogen (secondary N) is 1. The molecule has 4 nitrogen and oxygen atoms in total. The summed E-state index contributed by atoms with van der Waals surface area (Å²) in [7, 11) is -3.45. The van der Waals surface area contributed by atoms with E-state index in [0.29, 0.717) is 29.0 Å². The quantitative estimate of drug-likeness (QED) is 0.854. The van der Waals surface area contributed by atoms with Crippen molar-refractivity contribution in [2.75, 3.05) is 19.6 Å². The molecule has 130 valence electrons. The van der Waals surface area contributed by atoms with Gasteiger partial charge in [0.15, 0.2) is 0 Å². The van der Waals surface area contributed by atoms with Crippen molar-refractivity contribution in [3.63, 3.8) is 0 Å². The fourth-order valence-electron chi connectivity index (χ4n) is 3.27. The standard InChI is InChI=1S/C17H21ClN2O2S2/c18-13-3-4-16-15(9-13)17(11-23-16)24(21,22)20-7-5-14(6-8-20)19-10-12-1-2-12/h3-4,9,11-12,14,19H,1-2,5-8,10H2. The number of sulfonamides is 1. The molecule has 2 fully saturated rings. The topological polar surface area (TPSA) is 49.4 Å². The number of hydrogen-bond acceptors (Lipinski definition) is 4. The van der Waals surface area contributed by atoms with Crippen molar-refractivity contribution in [3.8, 4) is 0 Å². The molecule has 0 bridgehead atoms. The van der Waals surface area contributed by atoms with Gasteiger partial charge in [0.25, 0.3) is 0 Å². The molecule has 24 heavy (non-hydrogen) atoms. The van der Waals surface area contributed by atoms with Gasteiger partial charge in [-0.05, 0) is 56.3 Å². The monoisotopic (exact) mass is 384 g/mol.